The highest BCUT2D eigenvalue weighted by atomic mass is 35.5. The van der Waals surface area contributed by atoms with Gasteiger partial charge in [-0.15, -0.1) is 24.8 Å². The summed E-state index contributed by atoms with van der Waals surface area (Å²) in [6.45, 7) is 3.47. The maximum Gasteiger partial charge on any atom is 0.239 e. The molecule has 1 aromatic carbocycles. The summed E-state index contributed by atoms with van der Waals surface area (Å²) in [4.78, 5) is 24.9. The summed E-state index contributed by atoms with van der Waals surface area (Å²) in [6, 6.07) is 8.55. The molecule has 1 aliphatic heterocycles. The van der Waals surface area contributed by atoms with Crippen molar-refractivity contribution in [3.63, 3.8) is 0 Å². The average molecular weight is 363 g/mol. The van der Waals surface area contributed by atoms with Crippen molar-refractivity contribution in [3.8, 4) is 0 Å². The lowest BCUT2D eigenvalue weighted by Gasteiger charge is -2.27. The predicted octanol–water partition coefficient (Wildman–Crippen LogP) is 0.472. The number of fused-ring (bicyclic) bond motifs is 1. The minimum Gasteiger partial charge on any atom is -0.366 e. The Labute approximate surface area is 149 Å². The van der Waals surface area contributed by atoms with Crippen LogP contribution in [0.3, 0.4) is 0 Å². The van der Waals surface area contributed by atoms with Gasteiger partial charge in [0.25, 0.3) is 0 Å². The molecule has 2 amide bonds. The Morgan fingerprint density at radius 1 is 1.22 bits per heavy atom. The molecule has 0 fully saturated rings. The van der Waals surface area contributed by atoms with E-state index >= 15 is 0 Å². The Bertz CT molecular complexity index is 528. The molecule has 0 radical (unpaired) electrons. The van der Waals surface area contributed by atoms with Crippen LogP contribution in [-0.4, -0.2) is 44.0 Å². The van der Waals surface area contributed by atoms with E-state index in [0.29, 0.717) is 6.54 Å². The second-order valence-corrected chi connectivity index (χ2v) is 5.21. The topological polar surface area (TPSA) is 87.5 Å². The van der Waals surface area contributed by atoms with Gasteiger partial charge in [0.1, 0.15) is 0 Å². The molecule has 8 heteroatoms. The first-order valence-corrected chi connectivity index (χ1v) is 7.20. The molecule has 1 aromatic rings. The monoisotopic (exact) mass is 362 g/mol. The van der Waals surface area contributed by atoms with E-state index in [2.05, 4.69) is 40.7 Å². The first-order chi connectivity index (χ1) is 10.1. The van der Waals surface area contributed by atoms with Gasteiger partial charge < -0.3 is 21.3 Å². The van der Waals surface area contributed by atoms with Crippen LogP contribution in [0.5, 0.6) is 0 Å². The van der Waals surface area contributed by atoms with E-state index in [1.54, 1.807) is 0 Å². The third-order valence-corrected chi connectivity index (χ3v) is 3.68. The van der Waals surface area contributed by atoms with E-state index in [-0.39, 0.29) is 55.8 Å². The van der Waals surface area contributed by atoms with E-state index < -0.39 is 0 Å². The second-order valence-electron chi connectivity index (χ2n) is 5.21. The molecular formula is C15H24Cl2N4O2. The Kier molecular flexibility index (Phi) is 9.64. The zero-order valence-corrected chi connectivity index (χ0v) is 14.7. The highest BCUT2D eigenvalue weighted by Gasteiger charge is 2.22. The molecule has 1 heterocycles. The van der Waals surface area contributed by atoms with Crippen LogP contribution < -0.4 is 21.3 Å². The van der Waals surface area contributed by atoms with Crippen molar-refractivity contribution in [2.75, 3.05) is 31.1 Å². The number of nitrogens with zero attached hydrogens (tertiary/aromatic N) is 1. The summed E-state index contributed by atoms with van der Waals surface area (Å²) in [7, 11) is 0. The minimum absolute atomic E-state index is 0. The number of nitrogens with one attached hydrogen (secondary N) is 2. The Morgan fingerprint density at radius 3 is 2.61 bits per heavy atom. The average Bonchev–Trinajstić information content (AvgIpc) is 2.94. The SMILES string of the molecule is CC(CNC(=O)CNC(=O)CN)N1CCc2ccccc21.Cl.Cl. The number of para-hydroxylation sites is 1. The molecular weight excluding hydrogens is 339 g/mol. The Hall–Kier alpha value is -1.50. The number of hydrogen-bond donors (Lipinski definition) is 3. The molecule has 1 atom stereocenters. The van der Waals surface area contributed by atoms with Crippen LogP contribution in [-0.2, 0) is 16.0 Å². The first kappa shape index (κ1) is 21.5. The van der Waals surface area contributed by atoms with E-state index in [9.17, 15) is 9.59 Å². The van der Waals surface area contributed by atoms with Crippen LogP contribution in [0.15, 0.2) is 24.3 Å². The van der Waals surface area contributed by atoms with Gasteiger partial charge >= 0.3 is 0 Å². The van der Waals surface area contributed by atoms with Crippen molar-refractivity contribution in [2.24, 2.45) is 5.73 Å². The number of nitrogens with two attached hydrogens (primary N) is 1. The third kappa shape index (κ3) is 5.89. The molecule has 0 aromatic heterocycles. The molecule has 4 N–H and O–H groups in total. The van der Waals surface area contributed by atoms with Crippen LogP contribution in [0.4, 0.5) is 5.69 Å². The number of carbonyl (C=O) groups is 2. The summed E-state index contributed by atoms with van der Waals surface area (Å²) >= 11 is 0. The quantitative estimate of drug-likeness (QED) is 0.686. The fourth-order valence-electron chi connectivity index (χ4n) is 2.51. The van der Waals surface area contributed by atoms with Crippen molar-refractivity contribution in [1.82, 2.24) is 10.6 Å². The van der Waals surface area contributed by atoms with Crippen LogP contribution in [0.1, 0.15) is 12.5 Å². The molecule has 0 spiro atoms. The lowest BCUT2D eigenvalue weighted by Crippen LogP contribution is -2.45. The molecule has 0 bridgehead atoms. The maximum atomic E-state index is 11.6. The number of carbonyl (C=O) groups excluding carboxylic acids is 2. The highest BCUT2D eigenvalue weighted by molar-refractivity contribution is 5.86. The number of halogens is 2. The number of anilines is 1. The van der Waals surface area contributed by atoms with Gasteiger partial charge in [-0.1, -0.05) is 18.2 Å². The molecule has 0 aliphatic carbocycles. The molecule has 1 unspecified atom stereocenters. The Morgan fingerprint density at radius 2 is 1.91 bits per heavy atom. The minimum atomic E-state index is -0.327. The van der Waals surface area contributed by atoms with Crippen molar-refractivity contribution >= 4 is 42.3 Å². The van der Waals surface area contributed by atoms with Crippen LogP contribution >= 0.6 is 24.8 Å². The second kappa shape index (κ2) is 10.3. The molecule has 2 rings (SSSR count). The lowest BCUT2D eigenvalue weighted by molar-refractivity contribution is -0.125. The van der Waals surface area contributed by atoms with Gasteiger partial charge in [-0.05, 0) is 25.0 Å². The molecule has 130 valence electrons. The van der Waals surface area contributed by atoms with E-state index in [0.717, 1.165) is 13.0 Å². The molecule has 0 saturated heterocycles. The van der Waals surface area contributed by atoms with Gasteiger partial charge in [-0.3, -0.25) is 9.59 Å². The van der Waals surface area contributed by atoms with Gasteiger partial charge in [-0.25, -0.2) is 0 Å². The van der Waals surface area contributed by atoms with Crippen molar-refractivity contribution in [3.05, 3.63) is 29.8 Å². The summed E-state index contributed by atoms with van der Waals surface area (Å²) in [5.41, 5.74) is 7.76. The number of amides is 2. The molecule has 6 nitrogen and oxygen atoms in total. The standard InChI is InChI=1S/C15H22N4O2.2ClH/c1-11(9-17-15(21)10-18-14(20)8-16)19-7-6-12-4-2-3-5-13(12)19;;/h2-5,11H,6-10,16H2,1H3,(H,17,21)(H,18,20);2*1H. The van der Waals surface area contributed by atoms with Gasteiger partial charge in [0.05, 0.1) is 13.1 Å². The molecule has 0 saturated carbocycles. The fraction of sp³-hybridized carbons (Fsp3) is 0.467. The summed E-state index contributed by atoms with van der Waals surface area (Å²) in [5.74, 6) is -0.525. The van der Waals surface area contributed by atoms with Gasteiger partial charge in [-0.2, -0.15) is 0 Å². The van der Waals surface area contributed by atoms with Crippen molar-refractivity contribution in [2.45, 2.75) is 19.4 Å². The maximum absolute atomic E-state index is 11.6. The van der Waals surface area contributed by atoms with Gasteiger partial charge in [0.15, 0.2) is 0 Å². The third-order valence-electron chi connectivity index (χ3n) is 3.68. The first-order valence-electron chi connectivity index (χ1n) is 7.20. The van der Waals surface area contributed by atoms with Crippen LogP contribution in [0.2, 0.25) is 0 Å². The fourth-order valence-corrected chi connectivity index (χ4v) is 2.51. The summed E-state index contributed by atoms with van der Waals surface area (Å²) in [6.07, 6.45) is 1.04. The van der Waals surface area contributed by atoms with E-state index in [1.807, 2.05) is 6.07 Å². The van der Waals surface area contributed by atoms with Gasteiger partial charge in [0, 0.05) is 24.8 Å². The summed E-state index contributed by atoms with van der Waals surface area (Å²) in [5, 5.41) is 5.28. The molecule has 23 heavy (non-hydrogen) atoms. The highest BCUT2D eigenvalue weighted by Crippen LogP contribution is 2.28. The van der Waals surface area contributed by atoms with E-state index in [1.165, 1.54) is 11.3 Å². The molecule has 1 aliphatic rings. The number of hydrogen-bond acceptors (Lipinski definition) is 4. The summed E-state index contributed by atoms with van der Waals surface area (Å²) < 4.78 is 0. The van der Waals surface area contributed by atoms with Crippen molar-refractivity contribution in [1.29, 1.82) is 0 Å². The van der Waals surface area contributed by atoms with Crippen LogP contribution in [0.25, 0.3) is 0 Å². The smallest absolute Gasteiger partial charge is 0.239 e. The number of rotatable bonds is 6. The lowest BCUT2D eigenvalue weighted by atomic mass is 10.2. The van der Waals surface area contributed by atoms with Crippen molar-refractivity contribution < 1.29 is 9.59 Å². The largest absolute Gasteiger partial charge is 0.366 e. The van der Waals surface area contributed by atoms with Crippen LogP contribution in [0, 0.1) is 0 Å². The Balaban J connectivity index is 0.00000242. The zero-order valence-electron chi connectivity index (χ0n) is 13.1. The van der Waals surface area contributed by atoms with E-state index in [4.69, 9.17) is 5.73 Å². The number of benzene rings is 1. The van der Waals surface area contributed by atoms with Gasteiger partial charge in [0.2, 0.25) is 11.8 Å². The normalized spacial score (nSPS) is 13.2. The zero-order chi connectivity index (χ0) is 15.2. The predicted molar refractivity (Wildman–Crippen MR) is 96.5 cm³/mol.